The van der Waals surface area contributed by atoms with Gasteiger partial charge in [0.25, 0.3) is 0 Å². The average molecular weight is 218 g/mol. The minimum Gasteiger partial charge on any atom is -0.478 e. The number of carbonyl (C=O) groups is 1. The molecule has 0 fully saturated rings. The summed E-state index contributed by atoms with van der Waals surface area (Å²) in [5.74, 6) is -1.16. The molecule has 0 aromatic carbocycles. The molecule has 6 heteroatoms. The van der Waals surface area contributed by atoms with Crippen molar-refractivity contribution in [3.8, 4) is 0 Å². The number of carboxylic acid groups (broad SMARTS) is 1. The summed E-state index contributed by atoms with van der Waals surface area (Å²) in [5, 5.41) is 38.6. The first kappa shape index (κ1) is 11.1. The Hall–Kier alpha value is -0.950. The Morgan fingerprint density at radius 2 is 2.07 bits per heavy atom. The van der Waals surface area contributed by atoms with Crippen molar-refractivity contribution in [1.29, 1.82) is 0 Å². The van der Waals surface area contributed by atoms with Crippen LogP contribution in [0.5, 0.6) is 0 Å². The van der Waals surface area contributed by atoms with Gasteiger partial charge in [-0.25, -0.2) is 4.79 Å². The molecule has 1 aromatic heterocycles. The summed E-state index contributed by atoms with van der Waals surface area (Å²) in [6, 6.07) is 0. The van der Waals surface area contributed by atoms with E-state index in [1.54, 1.807) is 0 Å². The summed E-state index contributed by atoms with van der Waals surface area (Å²) in [6.07, 6.45) is -2.72. The van der Waals surface area contributed by atoms with E-state index in [0.29, 0.717) is 0 Å². The second-order valence-corrected chi connectivity index (χ2v) is 3.48. The molecule has 0 radical (unpaired) electrons. The quantitative estimate of drug-likeness (QED) is 0.562. The second kappa shape index (κ2) is 4.52. The molecular formula is C8H10O5S. The number of aromatic carboxylic acids is 1. The molecule has 0 bridgehead atoms. The van der Waals surface area contributed by atoms with Gasteiger partial charge in [0.1, 0.15) is 12.2 Å². The van der Waals surface area contributed by atoms with E-state index in [4.69, 9.17) is 15.3 Å². The lowest BCUT2D eigenvalue weighted by atomic mass is 10.0. The van der Waals surface area contributed by atoms with Crippen LogP contribution in [-0.2, 0) is 0 Å². The van der Waals surface area contributed by atoms with Crippen molar-refractivity contribution in [1.82, 2.24) is 0 Å². The molecule has 0 aliphatic carbocycles. The molecule has 0 amide bonds. The first-order valence-corrected chi connectivity index (χ1v) is 4.78. The Balaban J connectivity index is 2.94. The Bertz CT molecular complexity index is 321. The Morgan fingerprint density at radius 1 is 1.43 bits per heavy atom. The van der Waals surface area contributed by atoms with Crippen molar-refractivity contribution in [2.24, 2.45) is 0 Å². The first-order valence-electron chi connectivity index (χ1n) is 3.84. The molecule has 1 heterocycles. The number of aliphatic hydroxyl groups is 3. The highest BCUT2D eigenvalue weighted by atomic mass is 32.1. The molecule has 14 heavy (non-hydrogen) atoms. The minimum atomic E-state index is -1.36. The summed E-state index contributed by atoms with van der Waals surface area (Å²) < 4.78 is 0. The van der Waals surface area contributed by atoms with Gasteiger partial charge in [0, 0.05) is 10.9 Å². The Kier molecular flexibility index (Phi) is 3.59. The van der Waals surface area contributed by atoms with Gasteiger partial charge in [-0.05, 0) is 5.38 Å². The summed E-state index contributed by atoms with van der Waals surface area (Å²) in [4.78, 5) is 10.6. The highest BCUT2D eigenvalue weighted by Gasteiger charge is 2.23. The standard InChI is InChI=1S/C8H10O5S/c9-1-6(10)7(11)4-2-14-3-5(4)8(12)13/h2-3,6-7,9-11H,1H2,(H,12,13). The van der Waals surface area contributed by atoms with Crippen LogP contribution in [-0.4, -0.2) is 39.1 Å². The maximum Gasteiger partial charge on any atom is 0.336 e. The molecule has 0 aliphatic heterocycles. The monoisotopic (exact) mass is 218 g/mol. The zero-order valence-electron chi connectivity index (χ0n) is 7.12. The van der Waals surface area contributed by atoms with E-state index < -0.39 is 24.8 Å². The topological polar surface area (TPSA) is 98.0 Å². The van der Waals surface area contributed by atoms with Gasteiger partial charge >= 0.3 is 5.97 Å². The van der Waals surface area contributed by atoms with Crippen LogP contribution in [0.4, 0.5) is 0 Å². The van der Waals surface area contributed by atoms with Crippen LogP contribution in [0.1, 0.15) is 22.0 Å². The van der Waals surface area contributed by atoms with E-state index in [1.807, 2.05) is 0 Å². The molecule has 78 valence electrons. The van der Waals surface area contributed by atoms with Crippen molar-refractivity contribution in [3.05, 3.63) is 21.9 Å². The normalized spacial score (nSPS) is 15.1. The predicted octanol–water partition coefficient (Wildman–Crippen LogP) is -0.167. The van der Waals surface area contributed by atoms with Crippen LogP contribution in [0.3, 0.4) is 0 Å². The number of rotatable bonds is 4. The highest BCUT2D eigenvalue weighted by molar-refractivity contribution is 7.08. The van der Waals surface area contributed by atoms with Crippen LogP contribution in [0.2, 0.25) is 0 Å². The van der Waals surface area contributed by atoms with Crippen molar-refractivity contribution in [2.75, 3.05) is 6.61 Å². The molecule has 1 rings (SSSR count). The summed E-state index contributed by atoms with van der Waals surface area (Å²) in [7, 11) is 0. The van der Waals surface area contributed by atoms with Gasteiger partial charge in [0.15, 0.2) is 0 Å². The maximum atomic E-state index is 10.6. The van der Waals surface area contributed by atoms with Gasteiger partial charge in [0.2, 0.25) is 0 Å². The van der Waals surface area contributed by atoms with E-state index in [0.717, 1.165) is 11.3 Å². The zero-order valence-corrected chi connectivity index (χ0v) is 7.94. The molecule has 0 saturated carbocycles. The van der Waals surface area contributed by atoms with Gasteiger partial charge in [-0.2, -0.15) is 11.3 Å². The Labute approximate surface area is 83.9 Å². The van der Waals surface area contributed by atoms with Crippen molar-refractivity contribution in [2.45, 2.75) is 12.2 Å². The van der Waals surface area contributed by atoms with E-state index >= 15 is 0 Å². The zero-order chi connectivity index (χ0) is 10.7. The van der Waals surface area contributed by atoms with Crippen molar-refractivity contribution >= 4 is 17.3 Å². The molecular weight excluding hydrogens is 208 g/mol. The molecule has 2 unspecified atom stereocenters. The molecule has 0 spiro atoms. The third kappa shape index (κ3) is 2.10. The number of thiophene rings is 1. The van der Waals surface area contributed by atoms with E-state index in [-0.39, 0.29) is 11.1 Å². The third-order valence-corrected chi connectivity index (χ3v) is 2.55. The van der Waals surface area contributed by atoms with Crippen LogP contribution in [0.15, 0.2) is 10.8 Å². The summed E-state index contributed by atoms with van der Waals surface area (Å²) in [6.45, 7) is -0.615. The van der Waals surface area contributed by atoms with Crippen LogP contribution < -0.4 is 0 Å². The number of aliphatic hydroxyl groups excluding tert-OH is 3. The fraction of sp³-hybridized carbons (Fsp3) is 0.375. The number of hydrogen-bond acceptors (Lipinski definition) is 5. The fourth-order valence-corrected chi connectivity index (χ4v) is 1.87. The van der Waals surface area contributed by atoms with Gasteiger partial charge < -0.3 is 20.4 Å². The summed E-state index contributed by atoms with van der Waals surface area (Å²) in [5.41, 5.74) is 0.0825. The molecule has 1 aromatic rings. The largest absolute Gasteiger partial charge is 0.478 e. The molecule has 0 saturated heterocycles. The maximum absolute atomic E-state index is 10.6. The number of hydrogen-bond donors (Lipinski definition) is 4. The Morgan fingerprint density at radius 3 is 2.57 bits per heavy atom. The van der Waals surface area contributed by atoms with Gasteiger partial charge in [-0.3, -0.25) is 0 Å². The van der Waals surface area contributed by atoms with E-state index in [1.165, 1.54) is 10.8 Å². The van der Waals surface area contributed by atoms with Gasteiger partial charge in [-0.15, -0.1) is 0 Å². The second-order valence-electron chi connectivity index (χ2n) is 2.74. The predicted molar refractivity (Wildman–Crippen MR) is 49.3 cm³/mol. The fourth-order valence-electron chi connectivity index (χ4n) is 1.02. The SMILES string of the molecule is O=C(O)c1cscc1C(O)C(O)CO. The molecule has 4 N–H and O–H groups in total. The minimum absolute atomic E-state index is 0.0463. The average Bonchev–Trinajstić information content (AvgIpc) is 2.63. The van der Waals surface area contributed by atoms with Gasteiger partial charge in [-0.1, -0.05) is 0 Å². The molecule has 0 aliphatic rings. The lowest BCUT2D eigenvalue weighted by Gasteiger charge is -2.14. The van der Waals surface area contributed by atoms with E-state index in [2.05, 4.69) is 0 Å². The first-order chi connectivity index (χ1) is 6.57. The van der Waals surface area contributed by atoms with Crippen LogP contribution >= 0.6 is 11.3 Å². The highest BCUT2D eigenvalue weighted by Crippen LogP contribution is 2.24. The van der Waals surface area contributed by atoms with Crippen molar-refractivity contribution < 1.29 is 25.2 Å². The van der Waals surface area contributed by atoms with Gasteiger partial charge in [0.05, 0.1) is 12.2 Å². The van der Waals surface area contributed by atoms with Crippen LogP contribution in [0, 0.1) is 0 Å². The summed E-state index contributed by atoms with van der Waals surface area (Å²) >= 11 is 1.12. The van der Waals surface area contributed by atoms with Crippen LogP contribution in [0.25, 0.3) is 0 Å². The third-order valence-electron chi connectivity index (χ3n) is 1.79. The molecule has 2 atom stereocenters. The lowest BCUT2D eigenvalue weighted by molar-refractivity contribution is -0.0155. The molecule has 5 nitrogen and oxygen atoms in total. The lowest BCUT2D eigenvalue weighted by Crippen LogP contribution is -2.23. The smallest absolute Gasteiger partial charge is 0.336 e. The van der Waals surface area contributed by atoms with Crippen molar-refractivity contribution in [3.63, 3.8) is 0 Å². The van der Waals surface area contributed by atoms with E-state index in [9.17, 15) is 9.90 Å². The number of carboxylic acids is 1.